The average Bonchev–Trinajstić information content (AvgIpc) is 2.28. The van der Waals surface area contributed by atoms with E-state index in [9.17, 15) is 9.59 Å². The topological polar surface area (TPSA) is 65.5 Å². The smallest absolute Gasteiger partial charge is 0.339 e. The van der Waals surface area contributed by atoms with Gasteiger partial charge in [0.1, 0.15) is 0 Å². The monoisotopic (exact) mass is 237 g/mol. The number of carbonyl (C=O) groups is 2. The largest absolute Gasteiger partial charge is 0.462 e. The van der Waals surface area contributed by atoms with E-state index in [1.807, 2.05) is 0 Å². The highest BCUT2D eigenvalue weighted by Crippen LogP contribution is 2.07. The molecule has 0 aromatic carbocycles. The van der Waals surface area contributed by atoms with Crippen molar-refractivity contribution in [3.63, 3.8) is 0 Å². The molecule has 0 saturated heterocycles. The summed E-state index contributed by atoms with van der Waals surface area (Å²) in [5.41, 5.74) is 0.481. The number of hydrogen-bond donors (Lipinski definition) is 0. The molecule has 0 aliphatic rings. The maximum absolute atomic E-state index is 11.6. The second-order valence-corrected chi connectivity index (χ2v) is 3.64. The molecule has 0 aliphatic heterocycles. The maximum atomic E-state index is 11.6. The van der Waals surface area contributed by atoms with Crippen LogP contribution in [-0.2, 0) is 9.47 Å². The van der Waals surface area contributed by atoms with E-state index < -0.39 is 11.9 Å². The zero-order chi connectivity index (χ0) is 12.8. The molecule has 1 rings (SSSR count). The van der Waals surface area contributed by atoms with Gasteiger partial charge in [-0.1, -0.05) is 0 Å². The minimum atomic E-state index is -0.501. The SMILES string of the molecule is CCOC(=O)c1cncc(C(=O)OC(C)C)c1. The molecule has 0 N–H and O–H groups in total. The van der Waals surface area contributed by atoms with Crippen LogP contribution in [0.3, 0.4) is 0 Å². The first-order valence-electron chi connectivity index (χ1n) is 5.37. The normalized spacial score (nSPS) is 10.1. The van der Waals surface area contributed by atoms with Crippen LogP contribution in [0.25, 0.3) is 0 Å². The fraction of sp³-hybridized carbons (Fsp3) is 0.417. The molecule has 92 valence electrons. The molecule has 0 unspecified atom stereocenters. The van der Waals surface area contributed by atoms with Gasteiger partial charge >= 0.3 is 11.9 Å². The van der Waals surface area contributed by atoms with Gasteiger partial charge in [-0.3, -0.25) is 4.98 Å². The number of rotatable bonds is 4. The average molecular weight is 237 g/mol. The summed E-state index contributed by atoms with van der Waals surface area (Å²) in [6.45, 7) is 5.49. The molecule has 0 spiro atoms. The van der Waals surface area contributed by atoms with E-state index in [0.29, 0.717) is 0 Å². The summed E-state index contributed by atoms with van der Waals surface area (Å²) < 4.78 is 9.81. The lowest BCUT2D eigenvalue weighted by Crippen LogP contribution is -2.13. The highest BCUT2D eigenvalue weighted by Gasteiger charge is 2.13. The van der Waals surface area contributed by atoms with Crippen LogP contribution in [0.4, 0.5) is 0 Å². The molecule has 0 atom stereocenters. The summed E-state index contributed by atoms with van der Waals surface area (Å²) in [6, 6.07) is 1.41. The van der Waals surface area contributed by atoms with E-state index in [0.717, 1.165) is 0 Å². The van der Waals surface area contributed by atoms with Crippen molar-refractivity contribution in [3.05, 3.63) is 29.6 Å². The second-order valence-electron chi connectivity index (χ2n) is 3.64. The van der Waals surface area contributed by atoms with Crippen molar-refractivity contribution >= 4 is 11.9 Å². The van der Waals surface area contributed by atoms with Crippen LogP contribution >= 0.6 is 0 Å². The van der Waals surface area contributed by atoms with Gasteiger partial charge in [-0.15, -0.1) is 0 Å². The third-order valence-corrected chi connectivity index (χ3v) is 1.83. The van der Waals surface area contributed by atoms with Gasteiger partial charge in [0.15, 0.2) is 0 Å². The van der Waals surface area contributed by atoms with Gasteiger partial charge in [0.2, 0.25) is 0 Å². The van der Waals surface area contributed by atoms with Crippen LogP contribution in [0.1, 0.15) is 41.5 Å². The third kappa shape index (κ3) is 3.86. The molecule has 0 amide bonds. The number of carbonyl (C=O) groups excluding carboxylic acids is 2. The Morgan fingerprint density at radius 3 is 2.35 bits per heavy atom. The van der Waals surface area contributed by atoms with E-state index in [4.69, 9.17) is 9.47 Å². The molecule has 1 aromatic heterocycles. The Hall–Kier alpha value is -1.91. The molecule has 5 heteroatoms. The van der Waals surface area contributed by atoms with Gasteiger partial charge in [-0.25, -0.2) is 9.59 Å². The van der Waals surface area contributed by atoms with Crippen molar-refractivity contribution in [1.29, 1.82) is 0 Å². The third-order valence-electron chi connectivity index (χ3n) is 1.83. The standard InChI is InChI=1S/C12H15NO4/c1-4-16-11(14)9-5-10(7-13-6-9)12(15)17-8(2)3/h5-8H,4H2,1-3H3. The van der Waals surface area contributed by atoms with Crippen LogP contribution in [-0.4, -0.2) is 29.6 Å². The Kier molecular flexibility index (Phi) is 4.63. The summed E-state index contributed by atoms with van der Waals surface area (Å²) in [5, 5.41) is 0. The molecule has 0 bridgehead atoms. The first-order valence-corrected chi connectivity index (χ1v) is 5.37. The van der Waals surface area contributed by atoms with Crippen molar-refractivity contribution in [3.8, 4) is 0 Å². The number of aromatic nitrogens is 1. The van der Waals surface area contributed by atoms with Crippen LogP contribution < -0.4 is 0 Å². The van der Waals surface area contributed by atoms with Gasteiger partial charge in [-0.2, -0.15) is 0 Å². The van der Waals surface area contributed by atoms with Crippen LogP contribution in [0, 0.1) is 0 Å². The Bertz CT molecular complexity index is 415. The van der Waals surface area contributed by atoms with E-state index in [1.54, 1.807) is 20.8 Å². The minimum absolute atomic E-state index is 0.214. The van der Waals surface area contributed by atoms with E-state index >= 15 is 0 Å². The van der Waals surface area contributed by atoms with Crippen LogP contribution in [0.15, 0.2) is 18.5 Å². The number of pyridine rings is 1. The molecule has 17 heavy (non-hydrogen) atoms. The Labute approximate surface area is 99.8 Å². The van der Waals surface area contributed by atoms with Crippen LogP contribution in [0.2, 0.25) is 0 Å². The van der Waals surface area contributed by atoms with Gasteiger partial charge in [0, 0.05) is 12.4 Å². The number of ether oxygens (including phenoxy) is 2. The molecular weight excluding hydrogens is 222 g/mol. The summed E-state index contributed by atoms with van der Waals surface area (Å²) in [5.74, 6) is -1.00. The van der Waals surface area contributed by atoms with Crippen molar-refractivity contribution in [2.45, 2.75) is 26.9 Å². The first-order chi connectivity index (χ1) is 8.04. The van der Waals surface area contributed by atoms with Gasteiger partial charge in [0.25, 0.3) is 0 Å². The van der Waals surface area contributed by atoms with Crippen LogP contribution in [0.5, 0.6) is 0 Å². The lowest BCUT2D eigenvalue weighted by molar-refractivity contribution is 0.0377. The minimum Gasteiger partial charge on any atom is -0.462 e. The highest BCUT2D eigenvalue weighted by molar-refractivity contribution is 5.94. The van der Waals surface area contributed by atoms with Crippen molar-refractivity contribution in [2.75, 3.05) is 6.61 Å². The summed E-state index contributed by atoms with van der Waals surface area (Å²) in [7, 11) is 0. The van der Waals surface area contributed by atoms with Gasteiger partial charge < -0.3 is 9.47 Å². The van der Waals surface area contributed by atoms with Crippen molar-refractivity contribution < 1.29 is 19.1 Å². The molecule has 5 nitrogen and oxygen atoms in total. The summed E-state index contributed by atoms with van der Waals surface area (Å²) >= 11 is 0. The van der Waals surface area contributed by atoms with E-state index in [1.165, 1.54) is 18.5 Å². The number of nitrogens with zero attached hydrogens (tertiary/aromatic N) is 1. The Balaban J connectivity index is 2.85. The van der Waals surface area contributed by atoms with Gasteiger partial charge in [-0.05, 0) is 26.8 Å². The fourth-order valence-corrected chi connectivity index (χ4v) is 1.16. The highest BCUT2D eigenvalue weighted by atomic mass is 16.5. The lowest BCUT2D eigenvalue weighted by atomic mass is 10.2. The van der Waals surface area contributed by atoms with Gasteiger partial charge in [0.05, 0.1) is 23.8 Å². The molecule has 0 fully saturated rings. The van der Waals surface area contributed by atoms with Crippen molar-refractivity contribution in [2.24, 2.45) is 0 Å². The van der Waals surface area contributed by atoms with Crippen molar-refractivity contribution in [1.82, 2.24) is 4.98 Å². The first kappa shape index (κ1) is 13.2. The fourth-order valence-electron chi connectivity index (χ4n) is 1.16. The molecule has 0 aliphatic carbocycles. The number of esters is 2. The number of hydrogen-bond acceptors (Lipinski definition) is 5. The predicted octanol–water partition coefficient (Wildman–Crippen LogP) is 1.82. The summed E-state index contributed by atoms with van der Waals surface area (Å²) in [4.78, 5) is 26.8. The molecular formula is C12H15NO4. The predicted molar refractivity (Wildman–Crippen MR) is 60.7 cm³/mol. The maximum Gasteiger partial charge on any atom is 0.339 e. The molecule has 0 saturated carbocycles. The van der Waals surface area contributed by atoms with E-state index in [2.05, 4.69) is 4.98 Å². The summed E-state index contributed by atoms with van der Waals surface area (Å²) in [6.07, 6.45) is 2.49. The second kappa shape index (κ2) is 5.98. The lowest BCUT2D eigenvalue weighted by Gasteiger charge is -2.08. The molecule has 1 heterocycles. The molecule has 1 aromatic rings. The zero-order valence-electron chi connectivity index (χ0n) is 10.1. The Morgan fingerprint density at radius 2 is 1.82 bits per heavy atom. The van der Waals surface area contributed by atoms with E-state index in [-0.39, 0.29) is 23.8 Å². The zero-order valence-corrected chi connectivity index (χ0v) is 10.1. The Morgan fingerprint density at radius 1 is 1.24 bits per heavy atom. The quantitative estimate of drug-likeness (QED) is 0.747. The molecule has 0 radical (unpaired) electrons.